The number of alkyl halides is 6. The molecular weight excluding hydrogens is 306 g/mol. The lowest BCUT2D eigenvalue weighted by Gasteiger charge is -2.45. The molecule has 9 heteroatoms. The van der Waals surface area contributed by atoms with Crippen molar-refractivity contribution in [2.24, 2.45) is 5.41 Å². The van der Waals surface area contributed by atoms with Gasteiger partial charge in [-0.25, -0.2) is 0 Å². The molecule has 1 saturated heterocycles. The van der Waals surface area contributed by atoms with Crippen molar-refractivity contribution < 1.29 is 40.6 Å². The average molecular weight is 318 g/mol. The highest BCUT2D eigenvalue weighted by atomic mass is 19.4. The van der Waals surface area contributed by atoms with Gasteiger partial charge < -0.3 is 9.47 Å². The van der Waals surface area contributed by atoms with Crippen molar-refractivity contribution >= 4 is 5.97 Å². The summed E-state index contributed by atoms with van der Waals surface area (Å²) in [6.45, 7) is 1.97. The maximum absolute atomic E-state index is 13.4. The second-order valence-corrected chi connectivity index (χ2v) is 5.12. The van der Waals surface area contributed by atoms with Gasteiger partial charge in [0.15, 0.2) is 6.10 Å². The molecule has 2 aliphatic heterocycles. The van der Waals surface area contributed by atoms with Gasteiger partial charge in [-0.05, 0) is 6.92 Å². The Morgan fingerprint density at radius 2 is 1.76 bits per heavy atom. The lowest BCUT2D eigenvalue weighted by atomic mass is 9.65. The predicted octanol–water partition coefficient (Wildman–Crippen LogP) is 3.15. The highest BCUT2D eigenvalue weighted by Gasteiger charge is 2.88. The Hall–Kier alpha value is -1.25. The molecule has 0 saturated carbocycles. The summed E-state index contributed by atoms with van der Waals surface area (Å²) >= 11 is 0. The third kappa shape index (κ3) is 1.89. The van der Waals surface area contributed by atoms with E-state index in [1.807, 2.05) is 0 Å². The van der Waals surface area contributed by atoms with E-state index in [-0.39, 0.29) is 6.42 Å². The van der Waals surface area contributed by atoms with E-state index in [0.29, 0.717) is 6.92 Å². The smallest absolute Gasteiger partial charge is 0.410 e. The van der Waals surface area contributed by atoms with Crippen molar-refractivity contribution in [2.75, 3.05) is 0 Å². The molecule has 0 N–H and O–H groups in total. The van der Waals surface area contributed by atoms with Crippen molar-refractivity contribution in [1.29, 1.82) is 0 Å². The molecule has 0 radical (unpaired) electrons. The van der Waals surface area contributed by atoms with Gasteiger partial charge in [-0.3, -0.25) is 4.79 Å². The Morgan fingerprint density at radius 3 is 2.19 bits per heavy atom. The number of carbonyl (C=O) groups excluding carboxylic acids is 1. The fourth-order valence-corrected chi connectivity index (χ4v) is 2.98. The minimum absolute atomic E-state index is 0.338. The normalized spacial score (nSPS) is 34.3. The second-order valence-electron chi connectivity index (χ2n) is 5.12. The molecule has 0 aromatic heterocycles. The lowest BCUT2D eigenvalue weighted by Crippen LogP contribution is -2.67. The molecule has 1 fully saturated rings. The van der Waals surface area contributed by atoms with Gasteiger partial charge in [0, 0.05) is 6.42 Å². The Balaban J connectivity index is 2.63. The number of fused-ring (bicyclic) bond motifs is 2. The number of hydrogen-bond donors (Lipinski definition) is 0. The molecule has 2 bridgehead atoms. The molecule has 0 aromatic rings. The molecule has 2 heterocycles. The van der Waals surface area contributed by atoms with Gasteiger partial charge in [0.05, 0.1) is 0 Å². The van der Waals surface area contributed by atoms with Gasteiger partial charge in [-0.2, -0.15) is 26.3 Å². The summed E-state index contributed by atoms with van der Waals surface area (Å²) in [4.78, 5) is 11.3. The highest BCUT2D eigenvalue weighted by molar-refractivity contribution is 5.69. The van der Waals surface area contributed by atoms with Crippen molar-refractivity contribution in [1.82, 2.24) is 0 Å². The number of carbonyl (C=O) groups is 1. The van der Waals surface area contributed by atoms with Crippen LogP contribution in [0, 0.1) is 5.41 Å². The maximum Gasteiger partial charge on any atom is 0.410 e. The van der Waals surface area contributed by atoms with Crippen molar-refractivity contribution in [3.63, 3.8) is 0 Å². The third-order valence-electron chi connectivity index (χ3n) is 3.93. The molecule has 0 aliphatic carbocycles. The average Bonchev–Trinajstić information content (AvgIpc) is 2.78. The van der Waals surface area contributed by atoms with Crippen LogP contribution in [0.25, 0.3) is 0 Å². The number of rotatable bonds is 2. The molecule has 0 aromatic carbocycles. The zero-order valence-corrected chi connectivity index (χ0v) is 11.0. The topological polar surface area (TPSA) is 35.5 Å². The van der Waals surface area contributed by atoms with Crippen LogP contribution in [-0.2, 0) is 14.3 Å². The van der Waals surface area contributed by atoms with E-state index in [0.717, 1.165) is 12.2 Å². The largest absolute Gasteiger partial charge is 0.458 e. The molecule has 0 spiro atoms. The summed E-state index contributed by atoms with van der Waals surface area (Å²) in [5.41, 5.74) is -6.94. The Kier molecular flexibility index (Phi) is 3.36. The van der Waals surface area contributed by atoms with E-state index in [1.54, 1.807) is 0 Å². The Morgan fingerprint density at radius 1 is 1.24 bits per heavy atom. The fraction of sp³-hybridized carbons (Fsp3) is 0.750. The van der Waals surface area contributed by atoms with Gasteiger partial charge in [-0.1, -0.05) is 19.1 Å². The van der Waals surface area contributed by atoms with Crippen LogP contribution < -0.4 is 0 Å². The predicted molar refractivity (Wildman–Crippen MR) is 57.1 cm³/mol. The summed E-state index contributed by atoms with van der Waals surface area (Å²) in [6, 6.07) is 0. The quantitative estimate of drug-likeness (QED) is 0.446. The number of hydrogen-bond acceptors (Lipinski definition) is 3. The van der Waals surface area contributed by atoms with E-state index < -0.39 is 41.5 Å². The van der Waals surface area contributed by atoms with E-state index in [4.69, 9.17) is 4.74 Å². The summed E-state index contributed by atoms with van der Waals surface area (Å²) in [7, 11) is 0. The molecule has 21 heavy (non-hydrogen) atoms. The highest BCUT2D eigenvalue weighted by Crippen LogP contribution is 2.67. The van der Waals surface area contributed by atoms with E-state index >= 15 is 0 Å². The van der Waals surface area contributed by atoms with E-state index in [9.17, 15) is 31.1 Å². The van der Waals surface area contributed by atoms with E-state index in [1.165, 1.54) is 6.92 Å². The minimum Gasteiger partial charge on any atom is -0.458 e. The van der Waals surface area contributed by atoms with Crippen LogP contribution in [0.1, 0.15) is 20.3 Å². The number of esters is 1. The van der Waals surface area contributed by atoms with Crippen LogP contribution >= 0.6 is 0 Å². The van der Waals surface area contributed by atoms with Gasteiger partial charge >= 0.3 is 18.3 Å². The zero-order chi connectivity index (χ0) is 16.3. The minimum atomic E-state index is -5.70. The van der Waals surface area contributed by atoms with Crippen LogP contribution in [0.3, 0.4) is 0 Å². The zero-order valence-electron chi connectivity index (χ0n) is 11.0. The summed E-state index contributed by atoms with van der Waals surface area (Å²) in [5, 5.41) is 0. The van der Waals surface area contributed by atoms with Crippen LogP contribution in [0.5, 0.6) is 0 Å². The fourth-order valence-electron chi connectivity index (χ4n) is 2.98. The monoisotopic (exact) mass is 318 g/mol. The first-order chi connectivity index (χ1) is 9.40. The molecule has 3 unspecified atom stereocenters. The summed E-state index contributed by atoms with van der Waals surface area (Å²) in [6.07, 6.45) is -14.0. The van der Waals surface area contributed by atoms with Gasteiger partial charge in [0.2, 0.25) is 5.41 Å². The molecule has 3 atom stereocenters. The summed E-state index contributed by atoms with van der Waals surface area (Å²) in [5.74, 6) is -1.15. The Bertz CT molecular complexity index is 466. The molecular formula is C12H12F6O3. The molecule has 2 rings (SSSR count). The van der Waals surface area contributed by atoms with Crippen molar-refractivity contribution in [2.45, 2.75) is 50.4 Å². The molecule has 120 valence electrons. The maximum atomic E-state index is 13.4. The first-order valence-corrected chi connectivity index (χ1v) is 6.11. The van der Waals surface area contributed by atoms with Crippen LogP contribution in [0.4, 0.5) is 26.3 Å². The van der Waals surface area contributed by atoms with Crippen molar-refractivity contribution in [3.05, 3.63) is 12.2 Å². The standard InChI is InChI=1S/C12H12F6O3/c1-3-7(19)20-8-6-4-5-9(2,21-6)10(8,11(13,14)15)12(16,17)18/h4-6,8H,3H2,1-2H3. The molecule has 2 aliphatic rings. The molecule has 0 amide bonds. The van der Waals surface area contributed by atoms with Gasteiger partial charge in [0.25, 0.3) is 0 Å². The summed E-state index contributed by atoms with van der Waals surface area (Å²) < 4.78 is 89.7. The first-order valence-electron chi connectivity index (χ1n) is 6.11. The Labute approximate surface area is 115 Å². The van der Waals surface area contributed by atoms with Gasteiger partial charge in [-0.15, -0.1) is 0 Å². The lowest BCUT2D eigenvalue weighted by molar-refractivity contribution is -0.379. The second kappa shape index (κ2) is 4.37. The number of halogens is 6. The van der Waals surface area contributed by atoms with E-state index in [2.05, 4.69) is 4.74 Å². The molecule has 3 nitrogen and oxygen atoms in total. The van der Waals surface area contributed by atoms with Crippen LogP contribution in [-0.4, -0.2) is 36.1 Å². The first kappa shape index (κ1) is 16.1. The SMILES string of the molecule is CCC(=O)OC1C2C=CC(C)(O2)C1(C(F)(F)F)C(F)(F)F. The van der Waals surface area contributed by atoms with Gasteiger partial charge in [0.1, 0.15) is 11.7 Å². The van der Waals surface area contributed by atoms with Crippen LogP contribution in [0.15, 0.2) is 12.2 Å². The third-order valence-corrected chi connectivity index (χ3v) is 3.93. The van der Waals surface area contributed by atoms with Crippen molar-refractivity contribution in [3.8, 4) is 0 Å². The van der Waals surface area contributed by atoms with Crippen LogP contribution in [0.2, 0.25) is 0 Å². The number of ether oxygens (including phenoxy) is 2.